The highest BCUT2D eigenvalue weighted by molar-refractivity contribution is 7.15. The number of hydrogen-bond acceptors (Lipinski definition) is 6. The summed E-state index contributed by atoms with van der Waals surface area (Å²) in [7, 11) is 0. The Hall–Kier alpha value is -3.00. The topological polar surface area (TPSA) is 73.3 Å². The highest BCUT2D eigenvalue weighted by Gasteiger charge is 2.12. The third-order valence-electron chi connectivity index (χ3n) is 4.22. The van der Waals surface area contributed by atoms with E-state index < -0.39 is 0 Å². The number of halogens is 2. The Bertz CT molecular complexity index is 1460. The van der Waals surface area contributed by atoms with Gasteiger partial charge in [0.1, 0.15) is 16.1 Å². The average molecular weight is 441 g/mol. The lowest BCUT2D eigenvalue weighted by atomic mass is 10.2. The second-order valence-corrected chi connectivity index (χ2v) is 7.94. The second kappa shape index (κ2) is 7.11. The predicted molar refractivity (Wildman–Crippen MR) is 113 cm³/mol. The standard InChI is InChI=1S/C20H10Cl2N4O2S/c21-14-3-1-12(9-15(14)22)16-4-2-13(28-16)10-17-19(27)26-20(29-17)24-18(25-26)11-5-7-23-8-6-11/h1-10H/b17-10-. The molecule has 0 saturated heterocycles. The van der Waals surface area contributed by atoms with Gasteiger partial charge in [-0.1, -0.05) is 34.5 Å². The summed E-state index contributed by atoms with van der Waals surface area (Å²) in [6, 6.07) is 12.5. The van der Waals surface area contributed by atoms with Crippen LogP contribution >= 0.6 is 34.5 Å². The zero-order valence-electron chi connectivity index (χ0n) is 14.5. The molecule has 0 saturated carbocycles. The van der Waals surface area contributed by atoms with Crippen molar-refractivity contribution < 1.29 is 4.42 Å². The number of thiazole rings is 1. The quantitative estimate of drug-likeness (QED) is 0.417. The van der Waals surface area contributed by atoms with Crippen LogP contribution in [0.15, 0.2) is 64.1 Å². The number of benzene rings is 1. The first-order valence-corrected chi connectivity index (χ1v) is 10.0. The molecular weight excluding hydrogens is 431 g/mol. The van der Waals surface area contributed by atoms with Gasteiger partial charge in [0.25, 0.3) is 5.56 Å². The molecule has 1 aromatic carbocycles. The van der Waals surface area contributed by atoms with Gasteiger partial charge in [0.2, 0.25) is 4.96 Å². The van der Waals surface area contributed by atoms with Crippen LogP contribution in [0.5, 0.6) is 0 Å². The number of hydrogen-bond donors (Lipinski definition) is 0. The first-order chi connectivity index (χ1) is 14.1. The fourth-order valence-electron chi connectivity index (χ4n) is 2.82. The third-order valence-corrected chi connectivity index (χ3v) is 5.92. The van der Waals surface area contributed by atoms with Gasteiger partial charge in [0.05, 0.1) is 10.0 Å². The van der Waals surface area contributed by atoms with Gasteiger partial charge < -0.3 is 4.42 Å². The van der Waals surface area contributed by atoms with Crippen LogP contribution in [0.25, 0.3) is 33.7 Å². The van der Waals surface area contributed by atoms with Gasteiger partial charge in [-0.25, -0.2) is 0 Å². The Balaban J connectivity index is 1.52. The molecule has 29 heavy (non-hydrogen) atoms. The predicted octanol–water partition coefficient (Wildman–Crippen LogP) is 4.33. The first-order valence-electron chi connectivity index (χ1n) is 8.45. The van der Waals surface area contributed by atoms with E-state index >= 15 is 0 Å². The van der Waals surface area contributed by atoms with Crippen LogP contribution in [0, 0.1) is 0 Å². The molecule has 0 aliphatic rings. The van der Waals surface area contributed by atoms with Gasteiger partial charge in [-0.2, -0.15) is 9.50 Å². The number of fused-ring (bicyclic) bond motifs is 1. The molecule has 0 unspecified atom stereocenters. The zero-order chi connectivity index (χ0) is 20.0. The number of rotatable bonds is 3. The first kappa shape index (κ1) is 18.1. The maximum absolute atomic E-state index is 12.7. The molecule has 142 valence electrons. The average Bonchev–Trinajstić information content (AvgIpc) is 3.43. The van der Waals surface area contributed by atoms with Gasteiger partial charge in [0.15, 0.2) is 5.82 Å². The normalized spacial score (nSPS) is 12.1. The Kier molecular flexibility index (Phi) is 4.43. The van der Waals surface area contributed by atoms with Crippen LogP contribution < -0.4 is 10.1 Å². The lowest BCUT2D eigenvalue weighted by molar-refractivity contribution is 0.571. The van der Waals surface area contributed by atoms with Crippen molar-refractivity contribution >= 4 is 45.6 Å². The number of aromatic nitrogens is 4. The molecule has 5 aromatic rings. The Morgan fingerprint density at radius 3 is 2.59 bits per heavy atom. The number of pyridine rings is 1. The minimum atomic E-state index is -0.245. The van der Waals surface area contributed by atoms with Gasteiger partial charge in [-0.3, -0.25) is 9.78 Å². The molecule has 6 nitrogen and oxygen atoms in total. The molecule has 4 aromatic heterocycles. The molecule has 0 aliphatic carbocycles. The van der Waals surface area contributed by atoms with Crippen molar-refractivity contribution in [1.82, 2.24) is 19.6 Å². The SMILES string of the molecule is O=c1/c(=C/c2ccc(-c3ccc(Cl)c(Cl)c3)o2)sc2nc(-c3ccncc3)nn12. The van der Waals surface area contributed by atoms with Crippen molar-refractivity contribution in [1.29, 1.82) is 0 Å². The minimum absolute atomic E-state index is 0.245. The number of furan rings is 1. The van der Waals surface area contributed by atoms with Crippen molar-refractivity contribution in [2.45, 2.75) is 0 Å². The van der Waals surface area contributed by atoms with E-state index in [1.807, 2.05) is 12.1 Å². The van der Waals surface area contributed by atoms with E-state index in [4.69, 9.17) is 27.6 Å². The van der Waals surface area contributed by atoms with E-state index in [-0.39, 0.29) is 5.56 Å². The summed E-state index contributed by atoms with van der Waals surface area (Å²) in [6.07, 6.45) is 4.99. The van der Waals surface area contributed by atoms with Crippen molar-refractivity contribution in [3.63, 3.8) is 0 Å². The zero-order valence-corrected chi connectivity index (χ0v) is 16.9. The Morgan fingerprint density at radius 1 is 1.00 bits per heavy atom. The molecule has 0 spiro atoms. The summed E-state index contributed by atoms with van der Waals surface area (Å²) >= 11 is 13.3. The molecule has 0 atom stereocenters. The third kappa shape index (κ3) is 3.33. The van der Waals surface area contributed by atoms with E-state index in [0.717, 1.165) is 11.1 Å². The Morgan fingerprint density at radius 2 is 1.83 bits per heavy atom. The molecule has 0 radical (unpaired) electrons. The molecule has 5 rings (SSSR count). The molecular formula is C20H10Cl2N4O2S. The van der Waals surface area contributed by atoms with E-state index in [1.165, 1.54) is 15.9 Å². The van der Waals surface area contributed by atoms with Crippen LogP contribution in [0.1, 0.15) is 5.76 Å². The van der Waals surface area contributed by atoms with E-state index in [9.17, 15) is 4.79 Å². The lowest BCUT2D eigenvalue weighted by Gasteiger charge is -1.99. The van der Waals surface area contributed by atoms with E-state index in [1.54, 1.807) is 48.8 Å². The molecule has 0 aliphatic heterocycles. The lowest BCUT2D eigenvalue weighted by Crippen LogP contribution is -2.23. The molecule has 0 fully saturated rings. The summed E-state index contributed by atoms with van der Waals surface area (Å²) in [4.78, 5) is 21.6. The smallest absolute Gasteiger partial charge is 0.291 e. The monoisotopic (exact) mass is 440 g/mol. The second-order valence-electron chi connectivity index (χ2n) is 6.11. The van der Waals surface area contributed by atoms with E-state index in [0.29, 0.717) is 36.9 Å². The van der Waals surface area contributed by atoms with Crippen molar-refractivity contribution in [2.24, 2.45) is 0 Å². The summed E-state index contributed by atoms with van der Waals surface area (Å²) in [5.74, 6) is 1.66. The van der Waals surface area contributed by atoms with Crippen LogP contribution in [0.4, 0.5) is 0 Å². The molecule has 4 heterocycles. The number of nitrogens with zero attached hydrogens (tertiary/aromatic N) is 4. The molecule has 0 amide bonds. The fraction of sp³-hybridized carbons (Fsp3) is 0. The minimum Gasteiger partial charge on any atom is -0.457 e. The maximum atomic E-state index is 12.7. The molecule has 0 N–H and O–H groups in total. The van der Waals surface area contributed by atoms with Gasteiger partial charge in [-0.15, -0.1) is 5.10 Å². The van der Waals surface area contributed by atoms with Gasteiger partial charge in [-0.05, 0) is 42.5 Å². The van der Waals surface area contributed by atoms with Crippen LogP contribution in [-0.2, 0) is 0 Å². The van der Waals surface area contributed by atoms with Gasteiger partial charge in [0, 0.05) is 29.6 Å². The van der Waals surface area contributed by atoms with Crippen molar-refractivity contribution in [3.05, 3.63) is 85.5 Å². The van der Waals surface area contributed by atoms with Crippen LogP contribution in [-0.4, -0.2) is 19.6 Å². The summed E-state index contributed by atoms with van der Waals surface area (Å²) < 4.78 is 7.63. The van der Waals surface area contributed by atoms with Gasteiger partial charge >= 0.3 is 0 Å². The molecule has 9 heteroatoms. The van der Waals surface area contributed by atoms with Crippen molar-refractivity contribution in [3.8, 4) is 22.7 Å². The van der Waals surface area contributed by atoms with Crippen LogP contribution in [0.3, 0.4) is 0 Å². The summed E-state index contributed by atoms with van der Waals surface area (Å²) in [5, 5.41) is 5.24. The maximum Gasteiger partial charge on any atom is 0.291 e. The Labute approximate surface area is 177 Å². The summed E-state index contributed by atoms with van der Waals surface area (Å²) in [5.41, 5.74) is 1.36. The fourth-order valence-corrected chi connectivity index (χ4v) is 4.01. The summed E-state index contributed by atoms with van der Waals surface area (Å²) in [6.45, 7) is 0. The highest BCUT2D eigenvalue weighted by atomic mass is 35.5. The van der Waals surface area contributed by atoms with Crippen LogP contribution in [0.2, 0.25) is 10.0 Å². The molecule has 0 bridgehead atoms. The highest BCUT2D eigenvalue weighted by Crippen LogP contribution is 2.29. The van der Waals surface area contributed by atoms with E-state index in [2.05, 4.69) is 15.1 Å². The van der Waals surface area contributed by atoms with Crippen molar-refractivity contribution in [2.75, 3.05) is 0 Å². The largest absolute Gasteiger partial charge is 0.457 e.